The number of nitrogen functional groups attached to an aromatic ring is 1. The molecule has 42 heavy (non-hydrogen) atoms. The maximum absolute atomic E-state index is 13.0. The topological polar surface area (TPSA) is 185 Å². The maximum Gasteiger partial charge on any atom is 0.335 e. The number of carbonyl (C=O) groups is 3. The highest BCUT2D eigenvalue weighted by Crippen LogP contribution is 2.32. The summed E-state index contributed by atoms with van der Waals surface area (Å²) in [7, 11) is 0. The summed E-state index contributed by atoms with van der Waals surface area (Å²) in [6.07, 6.45) is 3.12. The molecule has 0 spiro atoms. The first-order chi connectivity index (χ1) is 20.2. The minimum Gasteiger partial charge on any atom is -0.478 e. The number of aryl methyl sites for hydroxylation is 1. The van der Waals surface area contributed by atoms with Crippen molar-refractivity contribution in [1.29, 1.82) is 0 Å². The number of nitrogens with zero attached hydrogens (tertiary/aromatic N) is 3. The quantitative estimate of drug-likeness (QED) is 0.237. The van der Waals surface area contributed by atoms with Crippen molar-refractivity contribution in [2.45, 2.75) is 38.4 Å². The molecule has 1 atom stereocenters. The van der Waals surface area contributed by atoms with Crippen molar-refractivity contribution in [3.63, 3.8) is 0 Å². The third-order valence-corrected chi connectivity index (χ3v) is 7.88. The van der Waals surface area contributed by atoms with Gasteiger partial charge in [0.1, 0.15) is 29.1 Å². The van der Waals surface area contributed by atoms with Gasteiger partial charge in [0.2, 0.25) is 0 Å². The monoisotopic (exact) mass is 566 g/mol. The predicted octanol–water partition coefficient (Wildman–Crippen LogP) is 1.26. The summed E-state index contributed by atoms with van der Waals surface area (Å²) in [4.78, 5) is 70.5. The molecule has 1 aromatic heterocycles. The van der Waals surface area contributed by atoms with Crippen LogP contribution in [0.2, 0.25) is 0 Å². The van der Waals surface area contributed by atoms with Crippen LogP contribution in [-0.2, 0) is 25.9 Å². The molecule has 1 aliphatic heterocycles. The number of carboxylic acids is 1. The minimum atomic E-state index is -1.00. The normalized spacial score (nSPS) is 15.6. The second-order valence-electron chi connectivity index (χ2n) is 10.4. The Morgan fingerprint density at radius 1 is 0.929 bits per heavy atom. The molecule has 1 aliphatic carbocycles. The summed E-state index contributed by atoms with van der Waals surface area (Å²) in [6.45, 7) is 1.22. The maximum atomic E-state index is 13.0. The Kier molecular flexibility index (Phi) is 6.73. The third-order valence-electron chi connectivity index (χ3n) is 7.88. The summed E-state index contributed by atoms with van der Waals surface area (Å²) >= 11 is 0. The van der Waals surface area contributed by atoms with Gasteiger partial charge in [-0.2, -0.15) is 0 Å². The predicted molar refractivity (Wildman–Crippen MR) is 152 cm³/mol. The first-order valence-electron chi connectivity index (χ1n) is 13.4. The number of nitrogens with one attached hydrogen (secondary N) is 2. The molecular weight excluding hydrogens is 540 g/mol. The zero-order chi connectivity index (χ0) is 29.5. The summed E-state index contributed by atoms with van der Waals surface area (Å²) in [6, 6.07) is 11.7. The van der Waals surface area contributed by atoms with Crippen molar-refractivity contribution in [3.8, 4) is 0 Å². The van der Waals surface area contributed by atoms with Crippen molar-refractivity contribution < 1.29 is 19.5 Å². The van der Waals surface area contributed by atoms with Gasteiger partial charge in [0.25, 0.3) is 22.7 Å². The molecular formula is C30H26N6O6. The number of benzene rings is 2. The lowest BCUT2D eigenvalue weighted by Crippen LogP contribution is -2.44. The molecule has 3 aromatic carbocycles. The Morgan fingerprint density at radius 3 is 2.48 bits per heavy atom. The summed E-state index contributed by atoms with van der Waals surface area (Å²) in [5, 5.41) is 14.9. The molecule has 0 saturated heterocycles. The van der Waals surface area contributed by atoms with Crippen LogP contribution in [0.1, 0.15) is 71.6 Å². The van der Waals surface area contributed by atoms with Crippen LogP contribution >= 0.6 is 0 Å². The van der Waals surface area contributed by atoms with E-state index in [9.17, 15) is 29.1 Å². The van der Waals surface area contributed by atoms with E-state index in [1.165, 1.54) is 12.1 Å². The zero-order valence-corrected chi connectivity index (χ0v) is 22.3. The van der Waals surface area contributed by atoms with Gasteiger partial charge in [-0.15, -0.1) is 0 Å². The molecule has 0 bridgehead atoms. The fraction of sp³-hybridized carbons (Fsp3) is 0.233. The molecule has 2 aliphatic rings. The van der Waals surface area contributed by atoms with E-state index < -0.39 is 28.6 Å². The molecule has 1 unspecified atom stereocenters. The van der Waals surface area contributed by atoms with Crippen LogP contribution in [0.4, 0.5) is 11.4 Å². The number of nitrogens with two attached hydrogens (primary N) is 1. The molecule has 12 heteroatoms. The molecule has 6 rings (SSSR count). The number of carboxylic acid groups (broad SMARTS) is 1. The standard InChI is InChI=1S/C30H26N6O6/c31-24-25(27(38)26(24)37)36-8-7-16-2-1-15(9-19(16)13-36)12-32-28(39)22-11-23(34-14-33-22)29(40)35-21-6-4-17-10-18(30(41)42)3-5-20(17)21/h1-3,5,9-11,14,21H,4,6-8,12-13,31H2,(H,32,39)(H,35,40)(H,41,42). The van der Waals surface area contributed by atoms with E-state index in [0.717, 1.165) is 34.1 Å². The van der Waals surface area contributed by atoms with Crippen LogP contribution < -0.4 is 32.1 Å². The Balaban J connectivity index is 1.09. The Labute approximate surface area is 238 Å². The molecule has 0 fully saturated rings. The SMILES string of the molecule is Nc1c(N2CCc3ccc(CNC(=O)c4cc(C(=O)NC5CCc6cc(C(=O)O)ccc65)ncn4)cc3C2)c(=O)c1=O. The highest BCUT2D eigenvalue weighted by atomic mass is 16.4. The van der Waals surface area contributed by atoms with Gasteiger partial charge < -0.3 is 26.4 Å². The summed E-state index contributed by atoms with van der Waals surface area (Å²) in [5.41, 5.74) is 9.79. The first kappa shape index (κ1) is 26.8. The number of hydrogen-bond donors (Lipinski definition) is 4. The van der Waals surface area contributed by atoms with E-state index >= 15 is 0 Å². The lowest BCUT2D eigenvalue weighted by molar-refractivity contribution is 0.0696. The molecule has 2 amide bonds. The van der Waals surface area contributed by atoms with E-state index in [2.05, 4.69) is 20.6 Å². The smallest absolute Gasteiger partial charge is 0.335 e. The van der Waals surface area contributed by atoms with Crippen molar-refractivity contribution in [3.05, 3.63) is 114 Å². The van der Waals surface area contributed by atoms with Crippen LogP contribution in [0.5, 0.6) is 0 Å². The Hall–Kier alpha value is -5.39. The van der Waals surface area contributed by atoms with Crippen molar-refractivity contribution in [1.82, 2.24) is 20.6 Å². The van der Waals surface area contributed by atoms with E-state index in [1.54, 1.807) is 12.1 Å². The van der Waals surface area contributed by atoms with Crippen LogP contribution in [0.25, 0.3) is 0 Å². The lowest BCUT2D eigenvalue weighted by Gasteiger charge is -2.32. The van der Waals surface area contributed by atoms with Gasteiger partial charge in [-0.25, -0.2) is 14.8 Å². The summed E-state index contributed by atoms with van der Waals surface area (Å²) in [5.74, 6) is -1.94. The molecule has 4 aromatic rings. The second-order valence-corrected chi connectivity index (χ2v) is 10.4. The van der Waals surface area contributed by atoms with Gasteiger partial charge in [0.15, 0.2) is 0 Å². The largest absolute Gasteiger partial charge is 0.478 e. The molecule has 12 nitrogen and oxygen atoms in total. The number of anilines is 2. The number of aromatic carboxylic acids is 1. The fourth-order valence-electron chi connectivity index (χ4n) is 5.63. The summed E-state index contributed by atoms with van der Waals surface area (Å²) < 4.78 is 0. The Morgan fingerprint density at radius 2 is 1.71 bits per heavy atom. The van der Waals surface area contributed by atoms with Crippen LogP contribution in [-0.4, -0.2) is 39.4 Å². The van der Waals surface area contributed by atoms with E-state index in [0.29, 0.717) is 32.4 Å². The number of amides is 2. The highest BCUT2D eigenvalue weighted by molar-refractivity contribution is 5.97. The van der Waals surface area contributed by atoms with Gasteiger partial charge in [-0.05, 0) is 59.2 Å². The lowest BCUT2D eigenvalue weighted by atomic mass is 9.96. The number of carbonyl (C=O) groups excluding carboxylic acids is 2. The number of rotatable bonds is 7. The van der Waals surface area contributed by atoms with Crippen LogP contribution in [0, 0.1) is 0 Å². The first-order valence-corrected chi connectivity index (χ1v) is 13.4. The van der Waals surface area contributed by atoms with Crippen LogP contribution in [0.15, 0.2) is 58.4 Å². The molecule has 5 N–H and O–H groups in total. The molecule has 2 heterocycles. The number of hydrogen-bond acceptors (Lipinski definition) is 9. The minimum absolute atomic E-state index is 0.00663. The number of fused-ring (bicyclic) bond motifs is 2. The van der Waals surface area contributed by atoms with Gasteiger partial charge in [-0.3, -0.25) is 19.2 Å². The van der Waals surface area contributed by atoms with E-state index in [-0.39, 0.29) is 40.9 Å². The van der Waals surface area contributed by atoms with Gasteiger partial charge in [0.05, 0.1) is 11.6 Å². The van der Waals surface area contributed by atoms with Gasteiger partial charge in [0, 0.05) is 25.7 Å². The molecule has 212 valence electrons. The fourth-order valence-corrected chi connectivity index (χ4v) is 5.63. The third kappa shape index (κ3) is 4.87. The van der Waals surface area contributed by atoms with Crippen molar-refractivity contribution in [2.24, 2.45) is 0 Å². The van der Waals surface area contributed by atoms with Gasteiger partial charge in [-0.1, -0.05) is 24.3 Å². The van der Waals surface area contributed by atoms with Crippen molar-refractivity contribution in [2.75, 3.05) is 17.2 Å². The van der Waals surface area contributed by atoms with Gasteiger partial charge >= 0.3 is 5.97 Å². The number of aromatic nitrogens is 2. The second kappa shape index (κ2) is 10.5. The van der Waals surface area contributed by atoms with E-state index in [1.807, 2.05) is 23.1 Å². The Bertz CT molecular complexity index is 1840. The average molecular weight is 567 g/mol. The molecule has 0 saturated carbocycles. The average Bonchev–Trinajstić information content (AvgIpc) is 3.41. The molecule has 0 radical (unpaired) electrons. The highest BCUT2D eigenvalue weighted by Gasteiger charge is 2.28. The zero-order valence-electron chi connectivity index (χ0n) is 22.3. The van der Waals surface area contributed by atoms with Crippen molar-refractivity contribution >= 4 is 29.2 Å². The van der Waals surface area contributed by atoms with Crippen LogP contribution in [0.3, 0.4) is 0 Å². The van der Waals surface area contributed by atoms with E-state index in [4.69, 9.17) is 5.73 Å².